The zero-order chi connectivity index (χ0) is 24.5. The van der Waals surface area contributed by atoms with Gasteiger partial charge in [-0.15, -0.1) is 5.10 Å². The Bertz CT molecular complexity index is 1360. The second-order valence-corrected chi connectivity index (χ2v) is 9.19. The lowest BCUT2D eigenvalue weighted by atomic mass is 9.94. The Hall–Kier alpha value is -3.55. The fourth-order valence-electron chi connectivity index (χ4n) is 5.41. The van der Waals surface area contributed by atoms with Gasteiger partial charge in [-0.2, -0.15) is 0 Å². The van der Waals surface area contributed by atoms with Crippen LogP contribution in [0.5, 0.6) is 0 Å². The Kier molecular flexibility index (Phi) is 6.36. The third-order valence-corrected chi connectivity index (χ3v) is 6.97. The van der Waals surface area contributed by atoms with E-state index >= 15 is 4.39 Å². The van der Waals surface area contributed by atoms with Gasteiger partial charge in [-0.05, 0) is 61.9 Å². The first-order valence-electron chi connectivity index (χ1n) is 12.0. The zero-order valence-electron chi connectivity index (χ0n) is 19.9. The Morgan fingerprint density at radius 2 is 1.97 bits per heavy atom. The van der Waals surface area contributed by atoms with Crippen LogP contribution in [0.3, 0.4) is 0 Å². The molecule has 0 bridgehead atoms. The van der Waals surface area contributed by atoms with Crippen molar-refractivity contribution in [3.05, 3.63) is 82.8 Å². The third-order valence-electron chi connectivity index (χ3n) is 6.97. The SMILES string of the molecule is CC(=O)OCCCc1c2n(c3c(F)cccc13)C(C)C(n1nncc1Cc1ccc(F)cc1)CC2. The van der Waals surface area contributed by atoms with Crippen LogP contribution in [0.2, 0.25) is 0 Å². The minimum absolute atomic E-state index is 0.00421. The molecule has 0 N–H and O–H groups in total. The predicted molar refractivity (Wildman–Crippen MR) is 128 cm³/mol. The van der Waals surface area contributed by atoms with Crippen LogP contribution in [-0.2, 0) is 28.8 Å². The molecule has 2 aromatic heterocycles. The molecule has 5 rings (SSSR count). The van der Waals surface area contributed by atoms with Crippen molar-refractivity contribution in [1.82, 2.24) is 19.6 Å². The van der Waals surface area contributed by atoms with E-state index in [1.807, 2.05) is 10.7 Å². The number of halogens is 2. The molecule has 0 saturated heterocycles. The summed E-state index contributed by atoms with van der Waals surface area (Å²) in [5.74, 6) is -0.799. The van der Waals surface area contributed by atoms with Crippen LogP contribution in [0, 0.1) is 11.6 Å². The van der Waals surface area contributed by atoms with E-state index in [1.54, 1.807) is 24.4 Å². The van der Waals surface area contributed by atoms with Gasteiger partial charge in [0.05, 0.1) is 36.1 Å². The van der Waals surface area contributed by atoms with Crippen molar-refractivity contribution in [2.45, 2.75) is 58.0 Å². The van der Waals surface area contributed by atoms with Gasteiger partial charge in [0.25, 0.3) is 0 Å². The number of aromatic nitrogens is 4. The Morgan fingerprint density at radius 3 is 2.74 bits per heavy atom. The molecule has 0 amide bonds. The topological polar surface area (TPSA) is 61.9 Å². The van der Waals surface area contributed by atoms with Crippen molar-refractivity contribution in [3.8, 4) is 0 Å². The molecular formula is C27H28F2N4O2. The number of fused-ring (bicyclic) bond motifs is 3. The molecule has 0 radical (unpaired) electrons. The number of aryl methyl sites for hydroxylation is 1. The summed E-state index contributed by atoms with van der Waals surface area (Å²) in [6, 6.07) is 11.6. The molecule has 182 valence electrons. The quantitative estimate of drug-likeness (QED) is 0.266. The maximum atomic E-state index is 15.2. The smallest absolute Gasteiger partial charge is 0.302 e. The first-order chi connectivity index (χ1) is 16.9. The summed E-state index contributed by atoms with van der Waals surface area (Å²) in [4.78, 5) is 11.1. The van der Waals surface area contributed by atoms with Gasteiger partial charge < -0.3 is 9.30 Å². The highest BCUT2D eigenvalue weighted by Gasteiger charge is 2.33. The molecule has 0 saturated carbocycles. The Labute approximate surface area is 202 Å². The van der Waals surface area contributed by atoms with E-state index in [9.17, 15) is 9.18 Å². The highest BCUT2D eigenvalue weighted by atomic mass is 19.1. The summed E-state index contributed by atoms with van der Waals surface area (Å²) in [7, 11) is 0. The molecule has 35 heavy (non-hydrogen) atoms. The normalized spacial score (nSPS) is 17.5. The number of ether oxygens (including phenoxy) is 1. The van der Waals surface area contributed by atoms with E-state index in [0.29, 0.717) is 31.4 Å². The van der Waals surface area contributed by atoms with Gasteiger partial charge in [0.1, 0.15) is 11.6 Å². The summed E-state index contributed by atoms with van der Waals surface area (Å²) in [5, 5.41) is 9.48. The highest BCUT2D eigenvalue weighted by molar-refractivity contribution is 5.86. The van der Waals surface area contributed by atoms with Crippen molar-refractivity contribution in [3.63, 3.8) is 0 Å². The standard InChI is InChI=1S/C27H28F2N4O2/c1-17-25(33-21(16-30-31-33)15-19-8-10-20(28)11-9-19)12-13-26-22(6-4-14-35-18(2)34)23-5-3-7-24(29)27(23)32(17)26/h3,5,7-11,16-17,25H,4,6,12-15H2,1-2H3. The molecule has 0 spiro atoms. The molecular weight excluding hydrogens is 450 g/mol. The predicted octanol–water partition coefficient (Wildman–Crippen LogP) is 5.35. The lowest BCUT2D eigenvalue weighted by molar-refractivity contribution is -0.141. The number of nitrogens with zero attached hydrogens (tertiary/aromatic N) is 4. The van der Waals surface area contributed by atoms with Gasteiger partial charge in [0.15, 0.2) is 0 Å². The number of carbonyl (C=O) groups is 1. The molecule has 1 aliphatic rings. The van der Waals surface area contributed by atoms with Gasteiger partial charge >= 0.3 is 5.97 Å². The van der Waals surface area contributed by atoms with Gasteiger partial charge in [-0.3, -0.25) is 4.79 Å². The second kappa shape index (κ2) is 9.60. The first-order valence-corrected chi connectivity index (χ1v) is 12.0. The van der Waals surface area contributed by atoms with Gasteiger partial charge in [-0.25, -0.2) is 13.5 Å². The summed E-state index contributed by atoms with van der Waals surface area (Å²) in [5.41, 5.74) is 4.79. The lowest BCUT2D eigenvalue weighted by Crippen LogP contribution is -2.29. The first kappa shape index (κ1) is 23.2. The Balaban J connectivity index is 1.48. The van der Waals surface area contributed by atoms with Crippen LogP contribution in [-0.4, -0.2) is 32.1 Å². The molecule has 2 aromatic carbocycles. The molecule has 6 nitrogen and oxygen atoms in total. The van der Waals surface area contributed by atoms with Crippen molar-refractivity contribution < 1.29 is 18.3 Å². The van der Waals surface area contributed by atoms with E-state index in [2.05, 4.69) is 21.8 Å². The summed E-state index contributed by atoms with van der Waals surface area (Å²) < 4.78 is 37.7. The van der Waals surface area contributed by atoms with Crippen molar-refractivity contribution >= 4 is 16.9 Å². The molecule has 2 unspecified atom stereocenters. The molecule has 0 aliphatic carbocycles. The molecule has 3 heterocycles. The fraction of sp³-hybridized carbons (Fsp3) is 0.370. The maximum Gasteiger partial charge on any atom is 0.302 e. The summed E-state index contributed by atoms with van der Waals surface area (Å²) in [6.45, 7) is 3.85. The average molecular weight is 479 g/mol. The lowest BCUT2D eigenvalue weighted by Gasteiger charge is -2.33. The van der Waals surface area contributed by atoms with Crippen LogP contribution in [0.25, 0.3) is 10.9 Å². The second-order valence-electron chi connectivity index (χ2n) is 9.19. The van der Waals surface area contributed by atoms with E-state index in [4.69, 9.17) is 4.74 Å². The van der Waals surface area contributed by atoms with Gasteiger partial charge in [0, 0.05) is 24.4 Å². The number of rotatable bonds is 7. The third kappa shape index (κ3) is 4.45. The minimum Gasteiger partial charge on any atom is -0.466 e. The minimum atomic E-state index is -0.291. The van der Waals surface area contributed by atoms with Crippen LogP contribution < -0.4 is 0 Å². The van der Waals surface area contributed by atoms with Crippen molar-refractivity contribution in [2.75, 3.05) is 6.61 Å². The van der Waals surface area contributed by atoms with Gasteiger partial charge in [-0.1, -0.05) is 29.5 Å². The van der Waals surface area contributed by atoms with Crippen LogP contribution in [0.15, 0.2) is 48.7 Å². The summed E-state index contributed by atoms with van der Waals surface area (Å²) >= 11 is 0. The number of benzene rings is 2. The monoisotopic (exact) mass is 478 g/mol. The molecule has 4 aromatic rings. The van der Waals surface area contributed by atoms with E-state index in [0.717, 1.165) is 40.7 Å². The summed E-state index contributed by atoms with van der Waals surface area (Å²) in [6.07, 6.45) is 5.36. The molecule has 1 aliphatic heterocycles. The number of carbonyl (C=O) groups excluding carboxylic acids is 1. The van der Waals surface area contributed by atoms with Crippen LogP contribution in [0.1, 0.15) is 61.3 Å². The number of hydrogen-bond acceptors (Lipinski definition) is 4. The number of esters is 1. The zero-order valence-corrected chi connectivity index (χ0v) is 19.9. The Morgan fingerprint density at radius 1 is 1.17 bits per heavy atom. The molecule has 2 atom stereocenters. The maximum absolute atomic E-state index is 15.2. The van der Waals surface area contributed by atoms with E-state index < -0.39 is 0 Å². The van der Waals surface area contributed by atoms with Crippen molar-refractivity contribution in [1.29, 1.82) is 0 Å². The fourth-order valence-corrected chi connectivity index (χ4v) is 5.41. The average Bonchev–Trinajstić information content (AvgIpc) is 3.42. The molecule has 0 fully saturated rings. The van der Waals surface area contributed by atoms with Crippen molar-refractivity contribution in [2.24, 2.45) is 0 Å². The number of para-hydroxylation sites is 1. The molecule has 8 heteroatoms. The van der Waals surface area contributed by atoms with Crippen LogP contribution in [0.4, 0.5) is 8.78 Å². The van der Waals surface area contributed by atoms with Crippen LogP contribution >= 0.6 is 0 Å². The van der Waals surface area contributed by atoms with E-state index in [1.165, 1.54) is 25.1 Å². The van der Waals surface area contributed by atoms with E-state index in [-0.39, 0.29) is 29.7 Å². The van der Waals surface area contributed by atoms with Gasteiger partial charge in [0.2, 0.25) is 0 Å². The highest BCUT2D eigenvalue weighted by Crippen LogP contribution is 2.42. The largest absolute Gasteiger partial charge is 0.466 e. The number of hydrogen-bond donors (Lipinski definition) is 0.